The fraction of sp³-hybridized carbons (Fsp3) is 0.484. The van der Waals surface area contributed by atoms with E-state index in [2.05, 4.69) is 63.4 Å². The van der Waals surface area contributed by atoms with Crippen molar-refractivity contribution in [2.45, 2.75) is 63.2 Å². The van der Waals surface area contributed by atoms with Crippen molar-refractivity contribution in [2.75, 3.05) is 50.4 Å². The van der Waals surface area contributed by atoms with Gasteiger partial charge in [0.05, 0.1) is 33.8 Å². The number of anilines is 4. The Kier molecular flexibility index (Phi) is 10.0. The lowest BCUT2D eigenvalue weighted by molar-refractivity contribution is 0.132. The van der Waals surface area contributed by atoms with Crippen molar-refractivity contribution in [2.24, 2.45) is 0 Å². The second-order valence-corrected chi connectivity index (χ2v) is 15.0. The number of benzene rings is 2. The molecule has 1 aromatic heterocycles. The van der Waals surface area contributed by atoms with Crippen LogP contribution in [0, 0.1) is 0 Å². The third-order valence-corrected chi connectivity index (χ3v) is 9.89. The maximum atomic E-state index is 12.9. The van der Waals surface area contributed by atoms with Crippen LogP contribution in [0.25, 0.3) is 0 Å². The average molecular weight is 615 g/mol. The molecule has 1 saturated heterocycles. The zero-order chi connectivity index (χ0) is 30.7. The standard InChI is InChI=1S/C31H43ClN6O3S/c1-21(2)41-27-18-23(31(5,6)20-38-16-14-37(7)15-17-38)12-13-25(27)35-30-33-19-24(32)29(36-30)34-26-10-8-9-11-28(26)42(39,40)22(3)4/h8-13,18-19,21-22H,14-17,20H2,1-7H3,(H2,33,34,35,36). The van der Waals surface area contributed by atoms with E-state index in [-0.39, 0.29) is 27.3 Å². The minimum Gasteiger partial charge on any atom is -0.489 e. The molecule has 0 amide bonds. The molecule has 3 aromatic rings. The van der Waals surface area contributed by atoms with Gasteiger partial charge in [0.1, 0.15) is 10.8 Å². The maximum absolute atomic E-state index is 12.9. The molecule has 1 aliphatic rings. The van der Waals surface area contributed by atoms with Gasteiger partial charge in [-0.05, 0) is 64.6 Å². The fourth-order valence-corrected chi connectivity index (χ4v) is 6.23. The molecule has 42 heavy (non-hydrogen) atoms. The third-order valence-electron chi connectivity index (χ3n) is 7.40. The van der Waals surface area contributed by atoms with Gasteiger partial charge in [-0.25, -0.2) is 13.4 Å². The Balaban J connectivity index is 1.60. The van der Waals surface area contributed by atoms with E-state index in [1.54, 1.807) is 38.1 Å². The normalized spacial score (nSPS) is 15.3. The Morgan fingerprint density at radius 2 is 1.69 bits per heavy atom. The summed E-state index contributed by atoms with van der Waals surface area (Å²) in [5.41, 5.74) is 2.22. The Morgan fingerprint density at radius 1 is 1.00 bits per heavy atom. The van der Waals surface area contributed by atoms with E-state index in [0.717, 1.165) is 38.4 Å². The number of likely N-dealkylation sites (N-methyl/N-ethyl adjacent to an activating group) is 1. The molecule has 0 bridgehead atoms. The number of hydrogen-bond acceptors (Lipinski definition) is 9. The van der Waals surface area contributed by atoms with E-state index >= 15 is 0 Å². The summed E-state index contributed by atoms with van der Waals surface area (Å²) in [4.78, 5) is 14.0. The van der Waals surface area contributed by atoms with Crippen molar-refractivity contribution in [3.8, 4) is 5.75 Å². The summed E-state index contributed by atoms with van der Waals surface area (Å²) in [6, 6.07) is 12.9. The number of halogens is 1. The van der Waals surface area contributed by atoms with Gasteiger partial charge >= 0.3 is 0 Å². The molecule has 0 radical (unpaired) electrons. The van der Waals surface area contributed by atoms with E-state index in [1.807, 2.05) is 19.9 Å². The second kappa shape index (κ2) is 13.2. The Labute approximate surface area is 255 Å². The zero-order valence-corrected chi connectivity index (χ0v) is 27.2. The minimum absolute atomic E-state index is 0.0377. The zero-order valence-electron chi connectivity index (χ0n) is 25.6. The summed E-state index contributed by atoms with van der Waals surface area (Å²) < 4.78 is 32.1. The summed E-state index contributed by atoms with van der Waals surface area (Å²) in [7, 11) is -1.36. The van der Waals surface area contributed by atoms with Crippen LogP contribution in [-0.4, -0.2) is 79.3 Å². The van der Waals surface area contributed by atoms with Gasteiger partial charge in [0, 0.05) is 38.1 Å². The molecule has 4 rings (SSSR count). The van der Waals surface area contributed by atoms with Crippen molar-refractivity contribution < 1.29 is 13.2 Å². The fourth-order valence-electron chi connectivity index (χ4n) is 4.89. The number of nitrogens with zero attached hydrogens (tertiary/aromatic N) is 4. The van der Waals surface area contributed by atoms with Gasteiger partial charge < -0.3 is 20.3 Å². The van der Waals surface area contributed by atoms with Crippen molar-refractivity contribution in [3.05, 3.63) is 59.2 Å². The first-order valence-corrected chi connectivity index (χ1v) is 16.3. The number of rotatable bonds is 11. The maximum Gasteiger partial charge on any atom is 0.229 e. The van der Waals surface area contributed by atoms with E-state index in [9.17, 15) is 8.42 Å². The van der Waals surface area contributed by atoms with Crippen LogP contribution in [0.15, 0.2) is 53.6 Å². The number of para-hydroxylation sites is 1. The molecule has 9 nitrogen and oxygen atoms in total. The van der Waals surface area contributed by atoms with Crippen LogP contribution in [0.3, 0.4) is 0 Å². The molecule has 2 heterocycles. The summed E-state index contributed by atoms with van der Waals surface area (Å²) in [5.74, 6) is 1.29. The molecular formula is C31H43ClN6O3S. The number of nitrogens with one attached hydrogen (secondary N) is 2. The van der Waals surface area contributed by atoms with Crippen molar-refractivity contribution in [3.63, 3.8) is 0 Å². The van der Waals surface area contributed by atoms with Gasteiger partial charge in [-0.15, -0.1) is 0 Å². The van der Waals surface area contributed by atoms with Crippen LogP contribution in [0.1, 0.15) is 47.1 Å². The van der Waals surface area contributed by atoms with E-state index in [4.69, 9.17) is 16.3 Å². The van der Waals surface area contributed by atoms with Gasteiger partial charge in [0.25, 0.3) is 0 Å². The summed E-state index contributed by atoms with van der Waals surface area (Å²) in [5, 5.41) is 6.07. The van der Waals surface area contributed by atoms with Crippen LogP contribution >= 0.6 is 11.6 Å². The van der Waals surface area contributed by atoms with Gasteiger partial charge in [0.15, 0.2) is 15.7 Å². The van der Waals surface area contributed by atoms with E-state index < -0.39 is 15.1 Å². The smallest absolute Gasteiger partial charge is 0.229 e. The molecule has 228 valence electrons. The molecular weight excluding hydrogens is 572 g/mol. The highest BCUT2D eigenvalue weighted by Gasteiger charge is 2.27. The predicted molar refractivity (Wildman–Crippen MR) is 172 cm³/mol. The molecule has 2 aromatic carbocycles. The molecule has 11 heteroatoms. The van der Waals surface area contributed by atoms with Crippen molar-refractivity contribution in [1.82, 2.24) is 19.8 Å². The minimum atomic E-state index is -3.53. The number of sulfone groups is 1. The van der Waals surface area contributed by atoms with Gasteiger partial charge in [-0.3, -0.25) is 4.90 Å². The molecule has 1 fully saturated rings. The van der Waals surface area contributed by atoms with Crippen LogP contribution in [0.2, 0.25) is 5.02 Å². The molecule has 0 atom stereocenters. The van der Waals surface area contributed by atoms with Crippen LogP contribution in [-0.2, 0) is 15.3 Å². The number of ether oxygens (including phenoxy) is 1. The van der Waals surface area contributed by atoms with E-state index in [0.29, 0.717) is 17.4 Å². The Hall–Kier alpha value is -2.92. The molecule has 0 saturated carbocycles. The quantitative estimate of drug-likeness (QED) is 0.265. The van der Waals surface area contributed by atoms with Gasteiger partial charge in [-0.2, -0.15) is 4.98 Å². The highest BCUT2D eigenvalue weighted by molar-refractivity contribution is 7.92. The predicted octanol–water partition coefficient (Wildman–Crippen LogP) is 6.11. The number of piperazine rings is 1. The monoisotopic (exact) mass is 614 g/mol. The average Bonchev–Trinajstić information content (AvgIpc) is 2.92. The second-order valence-electron chi connectivity index (χ2n) is 12.1. The Bertz CT molecular complexity index is 1490. The molecule has 0 spiro atoms. The lowest BCUT2D eigenvalue weighted by Crippen LogP contribution is -2.48. The van der Waals surface area contributed by atoms with E-state index in [1.165, 1.54) is 11.8 Å². The summed E-state index contributed by atoms with van der Waals surface area (Å²) in [6.45, 7) is 17.1. The van der Waals surface area contributed by atoms with Crippen LogP contribution in [0.5, 0.6) is 5.75 Å². The Morgan fingerprint density at radius 3 is 2.36 bits per heavy atom. The van der Waals surface area contributed by atoms with Gasteiger partial charge in [-0.1, -0.05) is 43.6 Å². The highest BCUT2D eigenvalue weighted by Crippen LogP contribution is 2.36. The topological polar surface area (TPSA) is 99.7 Å². The lowest BCUT2D eigenvalue weighted by Gasteiger charge is -2.38. The molecule has 2 N–H and O–H groups in total. The lowest BCUT2D eigenvalue weighted by atomic mass is 9.83. The first-order valence-electron chi connectivity index (χ1n) is 14.4. The highest BCUT2D eigenvalue weighted by atomic mass is 35.5. The third kappa shape index (κ3) is 7.72. The first-order chi connectivity index (χ1) is 19.8. The van der Waals surface area contributed by atoms with Gasteiger partial charge in [0.2, 0.25) is 5.95 Å². The van der Waals surface area contributed by atoms with Crippen molar-refractivity contribution >= 4 is 44.6 Å². The SMILES string of the molecule is CC(C)Oc1cc(C(C)(C)CN2CCN(C)CC2)ccc1Nc1ncc(Cl)c(Nc2ccccc2S(=O)(=O)C(C)C)n1. The number of aromatic nitrogens is 2. The largest absolute Gasteiger partial charge is 0.489 e. The summed E-state index contributed by atoms with van der Waals surface area (Å²) in [6.07, 6.45) is 1.44. The van der Waals surface area contributed by atoms with Crippen LogP contribution in [0.4, 0.5) is 23.1 Å². The molecule has 0 aliphatic carbocycles. The summed E-state index contributed by atoms with van der Waals surface area (Å²) >= 11 is 6.44. The first kappa shape index (κ1) is 32.0. The molecule has 1 aliphatic heterocycles. The number of hydrogen-bond donors (Lipinski definition) is 2. The van der Waals surface area contributed by atoms with Crippen molar-refractivity contribution in [1.29, 1.82) is 0 Å². The van der Waals surface area contributed by atoms with Crippen LogP contribution < -0.4 is 15.4 Å². The molecule has 0 unspecified atom stereocenters.